The first-order valence-corrected chi connectivity index (χ1v) is 13.0. The van der Waals surface area contributed by atoms with E-state index in [0.717, 1.165) is 32.4 Å². The number of fused-ring (bicyclic) bond motifs is 1. The second-order valence-electron chi connectivity index (χ2n) is 9.35. The van der Waals surface area contributed by atoms with Crippen LogP contribution in [0.4, 0.5) is 10.5 Å². The third-order valence-corrected chi connectivity index (χ3v) is 7.48. The number of hydrogen-bond donors (Lipinski definition) is 2. The maximum atomic E-state index is 13.2. The first kappa shape index (κ1) is 24.4. The lowest BCUT2D eigenvalue weighted by Gasteiger charge is -2.26. The minimum atomic E-state index is -0.202. The molecule has 3 heterocycles. The Kier molecular flexibility index (Phi) is 7.95. The van der Waals surface area contributed by atoms with Crippen LogP contribution in [0.5, 0.6) is 5.75 Å². The predicted molar refractivity (Wildman–Crippen MR) is 140 cm³/mol. The molecule has 0 aliphatic carbocycles. The van der Waals surface area contributed by atoms with Crippen molar-refractivity contribution in [1.29, 1.82) is 0 Å². The fourth-order valence-corrected chi connectivity index (χ4v) is 5.97. The number of benzene rings is 1. The second-order valence-corrected chi connectivity index (χ2v) is 10.4. The third-order valence-electron chi connectivity index (χ3n) is 6.23. The predicted octanol–water partition coefficient (Wildman–Crippen LogP) is 6.22. The van der Waals surface area contributed by atoms with Crippen LogP contribution >= 0.6 is 11.3 Å². The number of rotatable bonds is 9. The van der Waals surface area contributed by atoms with Gasteiger partial charge >= 0.3 is 6.03 Å². The highest BCUT2D eigenvalue weighted by Gasteiger charge is 2.29. The Bertz CT molecular complexity index is 1090. The van der Waals surface area contributed by atoms with Gasteiger partial charge in [-0.25, -0.2) is 4.79 Å². The average Bonchev–Trinajstić information content (AvgIpc) is 3.45. The van der Waals surface area contributed by atoms with Gasteiger partial charge < -0.3 is 24.8 Å². The van der Waals surface area contributed by atoms with Gasteiger partial charge in [0, 0.05) is 35.9 Å². The van der Waals surface area contributed by atoms with E-state index >= 15 is 0 Å². The van der Waals surface area contributed by atoms with Crippen LogP contribution in [-0.2, 0) is 13.0 Å². The SMILES string of the molecule is CCOc1ccccc1NC(=O)NC(CCC(C)C)c1c(-n2cccc2)sc2c1CCN(C)C2. The van der Waals surface area contributed by atoms with E-state index in [0.29, 0.717) is 24.0 Å². The van der Waals surface area contributed by atoms with E-state index < -0.39 is 0 Å². The van der Waals surface area contributed by atoms with Crippen molar-refractivity contribution >= 4 is 23.1 Å². The van der Waals surface area contributed by atoms with E-state index in [4.69, 9.17) is 4.74 Å². The summed E-state index contributed by atoms with van der Waals surface area (Å²) in [5, 5.41) is 7.58. The Morgan fingerprint density at radius 2 is 1.91 bits per heavy atom. The van der Waals surface area contributed by atoms with Gasteiger partial charge in [-0.2, -0.15) is 0 Å². The molecule has 0 saturated heterocycles. The molecule has 1 aromatic carbocycles. The number of aromatic nitrogens is 1. The molecular formula is C27H36N4O2S. The molecule has 0 radical (unpaired) electrons. The topological polar surface area (TPSA) is 58.5 Å². The van der Waals surface area contributed by atoms with Crippen LogP contribution in [0.3, 0.4) is 0 Å². The molecule has 2 aromatic heterocycles. The molecule has 34 heavy (non-hydrogen) atoms. The van der Waals surface area contributed by atoms with Crippen molar-refractivity contribution < 1.29 is 9.53 Å². The molecule has 0 saturated carbocycles. The first-order chi connectivity index (χ1) is 16.5. The van der Waals surface area contributed by atoms with Crippen LogP contribution in [-0.4, -0.2) is 35.7 Å². The Morgan fingerprint density at radius 1 is 1.15 bits per heavy atom. The molecule has 1 atom stereocenters. The van der Waals surface area contributed by atoms with Gasteiger partial charge in [0.2, 0.25) is 0 Å². The Labute approximate surface area is 206 Å². The highest BCUT2D eigenvalue weighted by Crippen LogP contribution is 2.41. The van der Waals surface area contributed by atoms with Crippen LogP contribution in [0.1, 0.15) is 55.7 Å². The fourth-order valence-electron chi connectivity index (χ4n) is 4.52. The average molecular weight is 481 g/mol. The maximum Gasteiger partial charge on any atom is 0.319 e. The largest absolute Gasteiger partial charge is 0.492 e. The molecule has 182 valence electrons. The van der Waals surface area contributed by atoms with Gasteiger partial charge in [-0.1, -0.05) is 26.0 Å². The van der Waals surface area contributed by atoms with Gasteiger partial charge in [-0.05, 0) is 69.0 Å². The number of anilines is 1. The molecular weight excluding hydrogens is 444 g/mol. The van der Waals surface area contributed by atoms with Crippen molar-refractivity contribution in [1.82, 2.24) is 14.8 Å². The lowest BCUT2D eigenvalue weighted by Crippen LogP contribution is -2.34. The maximum absolute atomic E-state index is 13.2. The second kappa shape index (κ2) is 11.1. The number of hydrogen-bond acceptors (Lipinski definition) is 4. The quantitative estimate of drug-likeness (QED) is 0.382. The molecule has 4 rings (SSSR count). The van der Waals surface area contributed by atoms with E-state index in [1.807, 2.05) is 42.5 Å². The fraction of sp³-hybridized carbons (Fsp3) is 0.444. The number of carbonyl (C=O) groups excluding carboxylic acids is 1. The van der Waals surface area contributed by atoms with Crippen LogP contribution in [0.2, 0.25) is 0 Å². The number of thiophene rings is 1. The summed E-state index contributed by atoms with van der Waals surface area (Å²) in [7, 11) is 2.18. The summed E-state index contributed by atoms with van der Waals surface area (Å²) in [5.74, 6) is 1.24. The van der Waals surface area contributed by atoms with Gasteiger partial charge in [0.1, 0.15) is 10.8 Å². The monoisotopic (exact) mass is 480 g/mol. The number of para-hydroxylation sites is 2. The number of carbonyl (C=O) groups is 1. The Hall–Kier alpha value is -2.77. The zero-order chi connectivity index (χ0) is 24.1. The highest BCUT2D eigenvalue weighted by molar-refractivity contribution is 7.15. The van der Waals surface area contributed by atoms with Crippen LogP contribution in [0, 0.1) is 5.92 Å². The van der Waals surface area contributed by atoms with Crippen molar-refractivity contribution in [2.24, 2.45) is 5.92 Å². The number of likely N-dealkylation sites (N-methyl/N-ethyl adjacent to an activating group) is 1. The van der Waals surface area contributed by atoms with E-state index in [9.17, 15) is 4.79 Å². The molecule has 0 fully saturated rings. The Balaban J connectivity index is 1.66. The summed E-state index contributed by atoms with van der Waals surface area (Å²) in [6.45, 7) is 8.96. The molecule has 0 bridgehead atoms. The van der Waals surface area contributed by atoms with Crippen LogP contribution in [0.15, 0.2) is 48.8 Å². The van der Waals surface area contributed by atoms with E-state index in [1.165, 1.54) is 21.0 Å². The van der Waals surface area contributed by atoms with Crippen molar-refractivity contribution in [2.45, 2.75) is 52.6 Å². The van der Waals surface area contributed by atoms with Crippen molar-refractivity contribution in [3.05, 3.63) is 64.8 Å². The lowest BCUT2D eigenvalue weighted by molar-refractivity contribution is 0.246. The lowest BCUT2D eigenvalue weighted by atomic mass is 9.92. The van der Waals surface area contributed by atoms with Gasteiger partial charge in [0.15, 0.2) is 0 Å². The van der Waals surface area contributed by atoms with Gasteiger partial charge in [-0.3, -0.25) is 0 Å². The molecule has 6 nitrogen and oxygen atoms in total. The standard InChI is InChI=1S/C27H36N4O2S/c1-5-33-23-11-7-6-10-21(23)28-27(32)29-22(13-12-19(2)3)25-20-14-17-30(4)18-24(20)34-26(25)31-15-8-9-16-31/h6-11,15-16,19,22H,5,12-14,17-18H2,1-4H3,(H2,28,29,32). The first-order valence-electron chi connectivity index (χ1n) is 12.2. The Morgan fingerprint density at radius 3 is 2.65 bits per heavy atom. The van der Waals surface area contributed by atoms with Crippen LogP contribution < -0.4 is 15.4 Å². The van der Waals surface area contributed by atoms with Crippen LogP contribution in [0.25, 0.3) is 5.00 Å². The number of nitrogens with one attached hydrogen (secondary N) is 2. The zero-order valence-electron chi connectivity index (χ0n) is 20.6. The van der Waals surface area contributed by atoms with Crippen molar-refractivity contribution in [3.63, 3.8) is 0 Å². The number of ether oxygens (including phenoxy) is 1. The summed E-state index contributed by atoms with van der Waals surface area (Å²) in [5.41, 5.74) is 3.37. The highest BCUT2D eigenvalue weighted by atomic mass is 32.1. The normalized spacial score (nSPS) is 14.6. The number of amides is 2. The van der Waals surface area contributed by atoms with Gasteiger partial charge in [0.25, 0.3) is 0 Å². The molecule has 0 spiro atoms. The minimum absolute atomic E-state index is 0.0672. The summed E-state index contributed by atoms with van der Waals surface area (Å²) in [6.07, 6.45) is 7.14. The number of nitrogens with zero attached hydrogens (tertiary/aromatic N) is 2. The molecule has 3 aromatic rings. The van der Waals surface area contributed by atoms with Crippen molar-refractivity contribution in [2.75, 3.05) is 25.5 Å². The summed E-state index contributed by atoms with van der Waals surface area (Å²) >= 11 is 1.86. The smallest absolute Gasteiger partial charge is 0.319 e. The van der Waals surface area contributed by atoms with Gasteiger partial charge in [-0.15, -0.1) is 11.3 Å². The summed E-state index contributed by atoms with van der Waals surface area (Å²) in [6, 6.07) is 11.4. The molecule has 1 aliphatic rings. The molecule has 2 N–H and O–H groups in total. The summed E-state index contributed by atoms with van der Waals surface area (Å²) in [4.78, 5) is 17.0. The van der Waals surface area contributed by atoms with Crippen molar-refractivity contribution in [3.8, 4) is 10.8 Å². The van der Waals surface area contributed by atoms with E-state index in [1.54, 1.807) is 0 Å². The molecule has 2 amide bonds. The minimum Gasteiger partial charge on any atom is -0.492 e. The van der Waals surface area contributed by atoms with Gasteiger partial charge in [0.05, 0.1) is 18.3 Å². The molecule has 7 heteroatoms. The van der Waals surface area contributed by atoms with E-state index in [2.05, 4.69) is 65.5 Å². The van der Waals surface area contributed by atoms with E-state index in [-0.39, 0.29) is 12.1 Å². The number of urea groups is 1. The summed E-state index contributed by atoms with van der Waals surface area (Å²) < 4.78 is 7.90. The molecule has 1 aliphatic heterocycles. The third kappa shape index (κ3) is 5.65. The zero-order valence-corrected chi connectivity index (χ0v) is 21.5. The molecule has 1 unspecified atom stereocenters.